The Kier molecular flexibility index (Phi) is 5.60. The summed E-state index contributed by atoms with van der Waals surface area (Å²) in [6, 6.07) is 8.45. The number of likely N-dealkylation sites (tertiary alicyclic amines) is 1. The second-order valence-electron chi connectivity index (χ2n) is 5.49. The minimum absolute atomic E-state index is 0.269. The van der Waals surface area contributed by atoms with Crippen molar-refractivity contribution >= 4 is 11.9 Å². The first-order valence-electron chi connectivity index (χ1n) is 7.60. The maximum Gasteiger partial charge on any atom is 0.218 e. The van der Waals surface area contributed by atoms with Gasteiger partial charge in [0.05, 0.1) is 0 Å². The van der Waals surface area contributed by atoms with E-state index in [2.05, 4.69) is 46.1 Å². The molecule has 1 heterocycles. The molecule has 1 fully saturated rings. The summed E-state index contributed by atoms with van der Waals surface area (Å²) in [6.07, 6.45) is 4.46. The SMILES string of the molecule is Cc1ccc(CCN=C(N)N=C(N)N2CCCCC2)cc1. The molecule has 0 atom stereocenters. The first-order chi connectivity index (χ1) is 10.1. The molecule has 1 aliphatic heterocycles. The predicted octanol–water partition coefficient (Wildman–Crippen LogP) is 1.65. The highest BCUT2D eigenvalue weighted by atomic mass is 15.3. The zero-order valence-corrected chi connectivity index (χ0v) is 12.8. The van der Waals surface area contributed by atoms with E-state index in [1.165, 1.54) is 30.4 Å². The van der Waals surface area contributed by atoms with Crippen LogP contribution in [0.5, 0.6) is 0 Å². The molecule has 1 aliphatic rings. The Bertz CT molecular complexity index is 498. The molecule has 1 aromatic carbocycles. The Balaban J connectivity index is 1.84. The van der Waals surface area contributed by atoms with E-state index < -0.39 is 0 Å². The van der Waals surface area contributed by atoms with Crippen molar-refractivity contribution in [3.05, 3.63) is 35.4 Å². The molecule has 114 valence electrons. The molecule has 4 N–H and O–H groups in total. The van der Waals surface area contributed by atoms with Crippen LogP contribution in [0.15, 0.2) is 34.3 Å². The van der Waals surface area contributed by atoms with Crippen molar-refractivity contribution < 1.29 is 0 Å². The monoisotopic (exact) mass is 287 g/mol. The summed E-state index contributed by atoms with van der Waals surface area (Å²) in [4.78, 5) is 10.5. The van der Waals surface area contributed by atoms with Gasteiger partial charge in [-0.3, -0.25) is 4.99 Å². The first kappa shape index (κ1) is 15.4. The van der Waals surface area contributed by atoms with Crippen LogP contribution in [0.2, 0.25) is 0 Å². The lowest BCUT2D eigenvalue weighted by molar-refractivity contribution is 0.339. The summed E-state index contributed by atoms with van der Waals surface area (Å²) < 4.78 is 0. The number of piperidine rings is 1. The van der Waals surface area contributed by atoms with Crippen molar-refractivity contribution in [2.75, 3.05) is 19.6 Å². The summed E-state index contributed by atoms with van der Waals surface area (Å²) in [5.41, 5.74) is 14.3. The molecule has 2 rings (SSSR count). The van der Waals surface area contributed by atoms with Gasteiger partial charge in [0, 0.05) is 19.6 Å². The Morgan fingerprint density at radius 3 is 2.43 bits per heavy atom. The zero-order valence-electron chi connectivity index (χ0n) is 12.8. The maximum atomic E-state index is 5.96. The van der Waals surface area contributed by atoms with Crippen LogP contribution in [0.3, 0.4) is 0 Å². The fourth-order valence-electron chi connectivity index (χ4n) is 2.40. The van der Waals surface area contributed by atoms with Crippen LogP contribution >= 0.6 is 0 Å². The van der Waals surface area contributed by atoms with Gasteiger partial charge in [-0.15, -0.1) is 0 Å². The van der Waals surface area contributed by atoms with E-state index in [4.69, 9.17) is 11.5 Å². The van der Waals surface area contributed by atoms with Crippen LogP contribution in [0.25, 0.3) is 0 Å². The highest BCUT2D eigenvalue weighted by Gasteiger charge is 2.11. The van der Waals surface area contributed by atoms with Gasteiger partial charge in [0.25, 0.3) is 0 Å². The summed E-state index contributed by atoms with van der Waals surface area (Å²) in [7, 11) is 0. The molecule has 0 amide bonds. The molecule has 0 aliphatic carbocycles. The lowest BCUT2D eigenvalue weighted by Gasteiger charge is -2.27. The molecule has 0 bridgehead atoms. The number of rotatable bonds is 3. The molecule has 1 aromatic rings. The van der Waals surface area contributed by atoms with Gasteiger partial charge < -0.3 is 16.4 Å². The van der Waals surface area contributed by atoms with Crippen LogP contribution in [-0.4, -0.2) is 36.5 Å². The summed E-state index contributed by atoms with van der Waals surface area (Å²) >= 11 is 0. The zero-order chi connectivity index (χ0) is 15.1. The summed E-state index contributed by atoms with van der Waals surface area (Å²) in [5, 5.41) is 0. The lowest BCUT2D eigenvalue weighted by atomic mass is 10.1. The fourth-order valence-corrected chi connectivity index (χ4v) is 2.40. The van der Waals surface area contributed by atoms with Crippen LogP contribution in [0.1, 0.15) is 30.4 Å². The van der Waals surface area contributed by atoms with Crippen molar-refractivity contribution in [1.29, 1.82) is 0 Å². The van der Waals surface area contributed by atoms with E-state index in [0.29, 0.717) is 12.5 Å². The third kappa shape index (κ3) is 5.10. The third-order valence-electron chi connectivity index (χ3n) is 3.70. The van der Waals surface area contributed by atoms with E-state index in [0.717, 1.165) is 19.5 Å². The first-order valence-corrected chi connectivity index (χ1v) is 7.60. The number of guanidine groups is 2. The lowest BCUT2D eigenvalue weighted by Crippen LogP contribution is -2.41. The van der Waals surface area contributed by atoms with Gasteiger partial charge in [-0.05, 0) is 38.2 Å². The van der Waals surface area contributed by atoms with Gasteiger partial charge in [-0.1, -0.05) is 29.8 Å². The largest absolute Gasteiger partial charge is 0.369 e. The van der Waals surface area contributed by atoms with Gasteiger partial charge >= 0.3 is 0 Å². The van der Waals surface area contributed by atoms with Crippen LogP contribution in [-0.2, 0) is 6.42 Å². The van der Waals surface area contributed by atoms with E-state index in [1.54, 1.807) is 0 Å². The van der Waals surface area contributed by atoms with Gasteiger partial charge in [-0.25, -0.2) is 0 Å². The minimum Gasteiger partial charge on any atom is -0.369 e. The van der Waals surface area contributed by atoms with Crippen molar-refractivity contribution in [1.82, 2.24) is 4.90 Å². The minimum atomic E-state index is 0.269. The Morgan fingerprint density at radius 2 is 1.76 bits per heavy atom. The smallest absolute Gasteiger partial charge is 0.218 e. The quantitative estimate of drug-likeness (QED) is 0.655. The number of hydrogen-bond donors (Lipinski definition) is 2. The number of hydrogen-bond acceptors (Lipinski definition) is 1. The Morgan fingerprint density at radius 1 is 1.10 bits per heavy atom. The highest BCUT2D eigenvalue weighted by molar-refractivity contribution is 5.93. The van der Waals surface area contributed by atoms with E-state index >= 15 is 0 Å². The van der Waals surface area contributed by atoms with Gasteiger partial charge in [0.15, 0.2) is 5.96 Å². The molecule has 0 spiro atoms. The maximum absolute atomic E-state index is 5.96. The molecular weight excluding hydrogens is 262 g/mol. The summed E-state index contributed by atoms with van der Waals surface area (Å²) in [5.74, 6) is 0.761. The van der Waals surface area contributed by atoms with Crippen LogP contribution in [0, 0.1) is 6.92 Å². The molecule has 0 unspecified atom stereocenters. The molecule has 5 heteroatoms. The van der Waals surface area contributed by atoms with E-state index in [9.17, 15) is 0 Å². The second-order valence-corrected chi connectivity index (χ2v) is 5.49. The molecule has 0 aromatic heterocycles. The van der Waals surface area contributed by atoms with Gasteiger partial charge in [0.2, 0.25) is 5.96 Å². The molecule has 0 radical (unpaired) electrons. The summed E-state index contributed by atoms with van der Waals surface area (Å²) in [6.45, 7) is 4.64. The number of nitrogens with zero attached hydrogens (tertiary/aromatic N) is 3. The normalized spacial score (nSPS) is 17.1. The van der Waals surface area contributed by atoms with E-state index in [-0.39, 0.29) is 5.96 Å². The molecular formula is C16H25N5. The van der Waals surface area contributed by atoms with Gasteiger partial charge in [-0.2, -0.15) is 4.99 Å². The Hall–Kier alpha value is -2.04. The van der Waals surface area contributed by atoms with Crippen molar-refractivity contribution in [2.24, 2.45) is 21.5 Å². The number of nitrogens with two attached hydrogens (primary N) is 2. The van der Waals surface area contributed by atoms with Crippen molar-refractivity contribution in [2.45, 2.75) is 32.6 Å². The fraction of sp³-hybridized carbons (Fsp3) is 0.500. The van der Waals surface area contributed by atoms with Crippen molar-refractivity contribution in [3.8, 4) is 0 Å². The average molecular weight is 287 g/mol. The standard InChI is InChI=1S/C16H25N5/c1-13-5-7-14(8-6-13)9-10-19-15(17)20-16(18)21-11-3-2-4-12-21/h5-8H,2-4,9-12H2,1H3,(H4,17,18,19,20). The average Bonchev–Trinajstić information content (AvgIpc) is 2.50. The number of aryl methyl sites for hydroxylation is 1. The van der Waals surface area contributed by atoms with Crippen LogP contribution in [0.4, 0.5) is 0 Å². The number of benzene rings is 1. The van der Waals surface area contributed by atoms with Crippen LogP contribution < -0.4 is 11.5 Å². The molecule has 5 nitrogen and oxygen atoms in total. The third-order valence-corrected chi connectivity index (χ3v) is 3.70. The Labute approximate surface area is 126 Å². The molecule has 1 saturated heterocycles. The highest BCUT2D eigenvalue weighted by Crippen LogP contribution is 2.08. The second kappa shape index (κ2) is 7.67. The predicted molar refractivity (Wildman–Crippen MR) is 88.4 cm³/mol. The molecule has 0 saturated carbocycles. The van der Waals surface area contributed by atoms with Crippen molar-refractivity contribution in [3.63, 3.8) is 0 Å². The topological polar surface area (TPSA) is 80.0 Å². The van der Waals surface area contributed by atoms with E-state index in [1.807, 2.05) is 0 Å². The number of aliphatic imine (C=N–C) groups is 2. The van der Waals surface area contributed by atoms with Gasteiger partial charge in [0.1, 0.15) is 0 Å². The molecule has 21 heavy (non-hydrogen) atoms.